The van der Waals surface area contributed by atoms with Crippen LogP contribution in [0.5, 0.6) is 0 Å². The zero-order valence-corrected chi connectivity index (χ0v) is 9.62. The third-order valence-electron chi connectivity index (χ3n) is 3.21. The van der Waals surface area contributed by atoms with E-state index in [2.05, 4.69) is 12.2 Å². The molecule has 3 nitrogen and oxygen atoms in total. The van der Waals surface area contributed by atoms with Crippen molar-refractivity contribution in [2.45, 2.75) is 38.1 Å². The summed E-state index contributed by atoms with van der Waals surface area (Å²) in [5.41, 5.74) is 7.39. The molecule has 0 saturated heterocycles. The average Bonchev–Trinajstić information content (AvgIpc) is 2.15. The maximum atomic E-state index is 11.8. The first-order chi connectivity index (χ1) is 7.57. The van der Waals surface area contributed by atoms with Crippen molar-refractivity contribution in [3.8, 4) is 0 Å². The van der Waals surface area contributed by atoms with Crippen LogP contribution in [0, 0.1) is 0 Å². The molecule has 0 radical (unpaired) electrons. The molecule has 0 atom stereocenters. The van der Waals surface area contributed by atoms with E-state index in [4.69, 9.17) is 5.73 Å². The smallest absolute Gasteiger partial charge is 0.224 e. The predicted octanol–water partition coefficient (Wildman–Crippen LogP) is 1.87. The van der Waals surface area contributed by atoms with Crippen LogP contribution in [0.2, 0.25) is 0 Å². The Morgan fingerprint density at radius 1 is 1.50 bits per heavy atom. The van der Waals surface area contributed by atoms with Crippen molar-refractivity contribution < 1.29 is 4.79 Å². The molecule has 3 heteroatoms. The largest absolute Gasteiger partial charge is 0.399 e. The highest BCUT2D eigenvalue weighted by Crippen LogP contribution is 2.30. The van der Waals surface area contributed by atoms with E-state index in [1.165, 1.54) is 6.42 Å². The van der Waals surface area contributed by atoms with Crippen LogP contribution in [-0.2, 0) is 11.2 Å². The summed E-state index contributed by atoms with van der Waals surface area (Å²) >= 11 is 0. The fourth-order valence-electron chi connectivity index (χ4n) is 2.10. The summed E-state index contributed by atoms with van der Waals surface area (Å²) in [6, 6.07) is 7.49. The van der Waals surface area contributed by atoms with Gasteiger partial charge in [-0.2, -0.15) is 0 Å². The first-order valence-corrected chi connectivity index (χ1v) is 5.73. The van der Waals surface area contributed by atoms with Gasteiger partial charge in [-0.3, -0.25) is 4.79 Å². The van der Waals surface area contributed by atoms with Gasteiger partial charge in [0.2, 0.25) is 5.91 Å². The summed E-state index contributed by atoms with van der Waals surface area (Å²) in [5.74, 6) is 0.0906. The Balaban J connectivity index is 1.92. The molecule has 1 aromatic rings. The number of nitrogens with two attached hydrogens (primary N) is 1. The van der Waals surface area contributed by atoms with Crippen LogP contribution in [0.4, 0.5) is 5.69 Å². The standard InChI is InChI=1S/C13H18N2O/c1-13(6-3-7-13)15-12(16)9-10-4-2-5-11(14)8-10/h2,4-5,8H,3,6-7,9,14H2,1H3,(H,15,16). The van der Waals surface area contributed by atoms with Crippen LogP contribution in [-0.4, -0.2) is 11.4 Å². The van der Waals surface area contributed by atoms with Crippen molar-refractivity contribution in [2.75, 3.05) is 5.73 Å². The molecule has 0 aliphatic heterocycles. The molecule has 0 heterocycles. The first-order valence-electron chi connectivity index (χ1n) is 5.73. The van der Waals surface area contributed by atoms with Gasteiger partial charge in [0, 0.05) is 11.2 Å². The van der Waals surface area contributed by atoms with Gasteiger partial charge >= 0.3 is 0 Å². The lowest BCUT2D eigenvalue weighted by Gasteiger charge is -2.39. The van der Waals surface area contributed by atoms with Crippen molar-refractivity contribution in [1.29, 1.82) is 0 Å². The summed E-state index contributed by atoms with van der Waals surface area (Å²) in [5, 5.41) is 3.08. The Kier molecular flexibility index (Phi) is 2.86. The van der Waals surface area contributed by atoms with E-state index in [0.717, 1.165) is 18.4 Å². The summed E-state index contributed by atoms with van der Waals surface area (Å²) in [7, 11) is 0. The third-order valence-corrected chi connectivity index (χ3v) is 3.21. The SMILES string of the molecule is CC1(NC(=O)Cc2cccc(N)c2)CCC1. The van der Waals surface area contributed by atoms with Gasteiger partial charge in [0.1, 0.15) is 0 Å². The number of hydrogen-bond acceptors (Lipinski definition) is 2. The molecule has 1 aliphatic carbocycles. The number of amides is 1. The van der Waals surface area contributed by atoms with Gasteiger partial charge in [-0.05, 0) is 43.9 Å². The molecule has 1 aromatic carbocycles. The first kappa shape index (κ1) is 11.0. The molecule has 1 saturated carbocycles. The third kappa shape index (κ3) is 2.54. The predicted molar refractivity (Wildman–Crippen MR) is 65.0 cm³/mol. The number of nitrogen functional groups attached to an aromatic ring is 1. The van der Waals surface area contributed by atoms with E-state index in [1.807, 2.05) is 24.3 Å². The second kappa shape index (κ2) is 4.16. The molecule has 0 unspecified atom stereocenters. The van der Waals surface area contributed by atoms with E-state index in [9.17, 15) is 4.79 Å². The summed E-state index contributed by atoms with van der Waals surface area (Å²) < 4.78 is 0. The van der Waals surface area contributed by atoms with Crippen molar-refractivity contribution in [1.82, 2.24) is 5.32 Å². The number of carbonyl (C=O) groups is 1. The Hall–Kier alpha value is -1.51. The molecule has 86 valence electrons. The van der Waals surface area contributed by atoms with E-state index < -0.39 is 0 Å². The van der Waals surface area contributed by atoms with Gasteiger partial charge in [-0.25, -0.2) is 0 Å². The summed E-state index contributed by atoms with van der Waals surface area (Å²) in [4.78, 5) is 11.8. The molecular weight excluding hydrogens is 200 g/mol. The van der Waals surface area contributed by atoms with E-state index >= 15 is 0 Å². The monoisotopic (exact) mass is 218 g/mol. The zero-order chi connectivity index (χ0) is 11.6. The number of carbonyl (C=O) groups excluding carboxylic acids is 1. The van der Waals surface area contributed by atoms with Gasteiger partial charge in [0.25, 0.3) is 0 Å². The normalized spacial score (nSPS) is 17.6. The van der Waals surface area contributed by atoms with Gasteiger partial charge < -0.3 is 11.1 Å². The molecule has 1 amide bonds. The Morgan fingerprint density at radius 3 is 2.81 bits per heavy atom. The number of rotatable bonds is 3. The van der Waals surface area contributed by atoms with Crippen LogP contribution in [0.1, 0.15) is 31.7 Å². The quantitative estimate of drug-likeness (QED) is 0.761. The van der Waals surface area contributed by atoms with Crippen LogP contribution in [0.25, 0.3) is 0 Å². The minimum atomic E-state index is 0.0391. The molecule has 0 spiro atoms. The van der Waals surface area contributed by atoms with Crippen LogP contribution in [0.15, 0.2) is 24.3 Å². The lowest BCUT2D eigenvalue weighted by molar-refractivity contribution is -0.123. The fraction of sp³-hybridized carbons (Fsp3) is 0.462. The molecular formula is C13H18N2O. The Morgan fingerprint density at radius 2 is 2.25 bits per heavy atom. The molecule has 1 aliphatic rings. The number of nitrogens with one attached hydrogen (secondary N) is 1. The van der Waals surface area contributed by atoms with Gasteiger partial charge in [-0.15, -0.1) is 0 Å². The van der Waals surface area contributed by atoms with Crippen molar-refractivity contribution in [2.24, 2.45) is 0 Å². The van der Waals surface area contributed by atoms with E-state index in [-0.39, 0.29) is 11.4 Å². The maximum absolute atomic E-state index is 11.8. The summed E-state index contributed by atoms with van der Waals surface area (Å²) in [6.45, 7) is 2.10. The summed E-state index contributed by atoms with van der Waals surface area (Å²) in [6.07, 6.45) is 3.82. The Bertz CT molecular complexity index is 397. The molecule has 0 aromatic heterocycles. The van der Waals surface area contributed by atoms with Crippen molar-refractivity contribution in [3.63, 3.8) is 0 Å². The number of hydrogen-bond donors (Lipinski definition) is 2. The highest BCUT2D eigenvalue weighted by molar-refractivity contribution is 5.79. The topological polar surface area (TPSA) is 55.1 Å². The van der Waals surface area contributed by atoms with Crippen molar-refractivity contribution >= 4 is 11.6 Å². The van der Waals surface area contributed by atoms with E-state index in [0.29, 0.717) is 12.1 Å². The lowest BCUT2D eigenvalue weighted by Crippen LogP contribution is -2.51. The van der Waals surface area contributed by atoms with Gasteiger partial charge in [0.05, 0.1) is 6.42 Å². The molecule has 0 bridgehead atoms. The second-order valence-electron chi connectivity index (χ2n) is 4.88. The highest BCUT2D eigenvalue weighted by atomic mass is 16.1. The minimum Gasteiger partial charge on any atom is -0.399 e. The molecule has 16 heavy (non-hydrogen) atoms. The number of anilines is 1. The van der Waals surface area contributed by atoms with Gasteiger partial charge in [0.15, 0.2) is 0 Å². The zero-order valence-electron chi connectivity index (χ0n) is 9.62. The Labute approximate surface area is 96.0 Å². The second-order valence-corrected chi connectivity index (χ2v) is 4.88. The fourth-order valence-corrected chi connectivity index (χ4v) is 2.10. The van der Waals surface area contributed by atoms with Crippen LogP contribution < -0.4 is 11.1 Å². The molecule has 2 rings (SSSR count). The van der Waals surface area contributed by atoms with Crippen LogP contribution in [0.3, 0.4) is 0 Å². The number of benzene rings is 1. The van der Waals surface area contributed by atoms with E-state index in [1.54, 1.807) is 0 Å². The lowest BCUT2D eigenvalue weighted by atomic mass is 9.78. The van der Waals surface area contributed by atoms with Gasteiger partial charge in [-0.1, -0.05) is 12.1 Å². The van der Waals surface area contributed by atoms with Crippen LogP contribution >= 0.6 is 0 Å². The maximum Gasteiger partial charge on any atom is 0.224 e. The molecule has 1 fully saturated rings. The molecule has 3 N–H and O–H groups in total. The highest BCUT2D eigenvalue weighted by Gasteiger charge is 2.32. The van der Waals surface area contributed by atoms with Crippen molar-refractivity contribution in [3.05, 3.63) is 29.8 Å². The average molecular weight is 218 g/mol. The minimum absolute atomic E-state index is 0.0391.